The lowest BCUT2D eigenvalue weighted by Crippen LogP contribution is -2.35. The van der Waals surface area contributed by atoms with Gasteiger partial charge in [0.2, 0.25) is 0 Å². The predicted molar refractivity (Wildman–Crippen MR) is 68.4 cm³/mol. The molecule has 0 aliphatic rings. The Morgan fingerprint density at radius 2 is 1.69 bits per heavy atom. The molecule has 0 aliphatic heterocycles. The normalized spacial score (nSPS) is 14.9. The Kier molecular flexibility index (Phi) is 5.67. The molecule has 1 atom stereocenters. The van der Waals surface area contributed by atoms with Crippen molar-refractivity contribution in [2.45, 2.75) is 73.3 Å². The van der Waals surface area contributed by atoms with Crippen molar-refractivity contribution in [3.05, 3.63) is 0 Å². The van der Waals surface area contributed by atoms with Crippen LogP contribution in [0.5, 0.6) is 0 Å². The second kappa shape index (κ2) is 5.81. The first-order valence-electron chi connectivity index (χ1n) is 6.34. The molecule has 2 nitrogen and oxygen atoms in total. The van der Waals surface area contributed by atoms with E-state index in [0.717, 1.165) is 12.8 Å². The minimum atomic E-state index is -0.522. The van der Waals surface area contributed by atoms with E-state index in [4.69, 9.17) is 0 Å². The summed E-state index contributed by atoms with van der Waals surface area (Å²) < 4.78 is 0. The van der Waals surface area contributed by atoms with Crippen molar-refractivity contribution >= 4 is 5.78 Å². The standard InChI is InChI=1S/C14H28O2/c1-7-11(15)9-12(16)14(5,6)10-13(3,4)8-2/h12,16H,7-10H2,1-6H3. The van der Waals surface area contributed by atoms with Crippen LogP contribution in [0.15, 0.2) is 0 Å². The van der Waals surface area contributed by atoms with E-state index in [1.807, 2.05) is 6.92 Å². The molecule has 0 saturated heterocycles. The van der Waals surface area contributed by atoms with Gasteiger partial charge in [0, 0.05) is 12.8 Å². The predicted octanol–water partition coefficient (Wildman–Crippen LogP) is 3.57. The Morgan fingerprint density at radius 1 is 1.19 bits per heavy atom. The molecule has 0 aliphatic carbocycles. The molecular weight excluding hydrogens is 200 g/mol. The van der Waals surface area contributed by atoms with Crippen LogP contribution in [-0.4, -0.2) is 17.0 Å². The lowest BCUT2D eigenvalue weighted by molar-refractivity contribution is -0.122. The van der Waals surface area contributed by atoms with Gasteiger partial charge in [-0.1, -0.05) is 48.0 Å². The van der Waals surface area contributed by atoms with Crippen LogP contribution >= 0.6 is 0 Å². The molecule has 0 amide bonds. The third-order valence-corrected chi connectivity index (χ3v) is 3.61. The zero-order valence-electron chi connectivity index (χ0n) is 11.8. The first kappa shape index (κ1) is 15.6. The minimum absolute atomic E-state index is 0.148. The van der Waals surface area contributed by atoms with Gasteiger partial charge in [-0.05, 0) is 17.3 Å². The van der Waals surface area contributed by atoms with Crippen molar-refractivity contribution in [3.8, 4) is 0 Å². The molecule has 1 unspecified atom stereocenters. The maximum Gasteiger partial charge on any atom is 0.135 e. The molecule has 0 spiro atoms. The average Bonchev–Trinajstić information content (AvgIpc) is 2.16. The van der Waals surface area contributed by atoms with Crippen molar-refractivity contribution in [2.75, 3.05) is 0 Å². The van der Waals surface area contributed by atoms with Crippen LogP contribution in [0.2, 0.25) is 0 Å². The van der Waals surface area contributed by atoms with E-state index < -0.39 is 6.10 Å². The smallest absolute Gasteiger partial charge is 0.135 e. The maximum atomic E-state index is 11.3. The second-order valence-corrected chi connectivity index (χ2v) is 6.30. The molecule has 0 fully saturated rings. The van der Waals surface area contributed by atoms with Gasteiger partial charge >= 0.3 is 0 Å². The second-order valence-electron chi connectivity index (χ2n) is 6.30. The van der Waals surface area contributed by atoms with Crippen molar-refractivity contribution in [1.82, 2.24) is 0 Å². The van der Waals surface area contributed by atoms with Crippen molar-refractivity contribution < 1.29 is 9.90 Å². The zero-order valence-corrected chi connectivity index (χ0v) is 11.8. The van der Waals surface area contributed by atoms with Gasteiger partial charge in [-0.25, -0.2) is 0 Å². The van der Waals surface area contributed by atoms with Gasteiger partial charge in [-0.3, -0.25) is 4.79 Å². The van der Waals surface area contributed by atoms with Crippen molar-refractivity contribution in [2.24, 2.45) is 10.8 Å². The Bertz CT molecular complexity index is 229. The average molecular weight is 228 g/mol. The number of hydrogen-bond acceptors (Lipinski definition) is 2. The van der Waals surface area contributed by atoms with E-state index in [1.165, 1.54) is 0 Å². The highest BCUT2D eigenvalue weighted by atomic mass is 16.3. The monoisotopic (exact) mass is 228 g/mol. The lowest BCUT2D eigenvalue weighted by atomic mass is 9.70. The molecule has 0 heterocycles. The first-order valence-corrected chi connectivity index (χ1v) is 6.34. The third-order valence-electron chi connectivity index (χ3n) is 3.61. The Morgan fingerprint density at radius 3 is 2.06 bits per heavy atom. The van der Waals surface area contributed by atoms with Gasteiger partial charge in [0.1, 0.15) is 5.78 Å². The topological polar surface area (TPSA) is 37.3 Å². The summed E-state index contributed by atoms with van der Waals surface area (Å²) in [5.41, 5.74) is 0.0318. The summed E-state index contributed by atoms with van der Waals surface area (Å²) in [6.07, 6.45) is 2.32. The molecule has 96 valence electrons. The number of rotatable bonds is 7. The molecule has 16 heavy (non-hydrogen) atoms. The molecule has 0 saturated carbocycles. The molecular formula is C14H28O2. The minimum Gasteiger partial charge on any atom is -0.392 e. The molecule has 1 N–H and O–H groups in total. The van der Waals surface area contributed by atoms with Crippen LogP contribution in [0.1, 0.15) is 67.2 Å². The molecule has 0 aromatic heterocycles. The lowest BCUT2D eigenvalue weighted by Gasteiger charge is -2.37. The van der Waals surface area contributed by atoms with Gasteiger partial charge < -0.3 is 5.11 Å². The van der Waals surface area contributed by atoms with Gasteiger partial charge in [-0.15, -0.1) is 0 Å². The Hall–Kier alpha value is -0.370. The number of ketones is 1. The zero-order chi connectivity index (χ0) is 13.0. The Labute approximate surface area is 100 Å². The summed E-state index contributed by atoms with van der Waals surface area (Å²) in [6, 6.07) is 0. The van der Waals surface area contributed by atoms with E-state index in [2.05, 4.69) is 34.6 Å². The van der Waals surface area contributed by atoms with Gasteiger partial charge in [0.05, 0.1) is 6.10 Å². The van der Waals surface area contributed by atoms with Gasteiger partial charge in [0.15, 0.2) is 0 Å². The van der Waals surface area contributed by atoms with Crippen LogP contribution in [0, 0.1) is 10.8 Å². The highest BCUT2D eigenvalue weighted by Gasteiger charge is 2.34. The highest BCUT2D eigenvalue weighted by Crippen LogP contribution is 2.39. The van der Waals surface area contributed by atoms with Gasteiger partial charge in [-0.2, -0.15) is 0 Å². The third kappa shape index (κ3) is 5.11. The molecule has 0 rings (SSSR count). The Balaban J connectivity index is 4.47. The van der Waals surface area contributed by atoms with E-state index in [1.54, 1.807) is 0 Å². The highest BCUT2D eigenvalue weighted by molar-refractivity contribution is 5.78. The van der Waals surface area contributed by atoms with Crippen LogP contribution in [-0.2, 0) is 4.79 Å². The summed E-state index contributed by atoms with van der Waals surface area (Å²) in [5.74, 6) is 0.148. The molecule has 0 radical (unpaired) electrons. The number of aliphatic hydroxyl groups is 1. The number of carbonyl (C=O) groups excluding carboxylic acids is 1. The molecule has 0 aromatic rings. The summed E-state index contributed by atoms with van der Waals surface area (Å²) in [6.45, 7) is 12.5. The number of hydrogen-bond donors (Lipinski definition) is 1. The van der Waals surface area contributed by atoms with E-state index in [9.17, 15) is 9.90 Å². The molecule has 2 heteroatoms. The van der Waals surface area contributed by atoms with Crippen LogP contribution < -0.4 is 0 Å². The summed E-state index contributed by atoms with van der Waals surface area (Å²) in [5, 5.41) is 10.1. The number of Topliss-reactive ketones (excluding diaryl/α,β-unsaturated/α-hetero) is 1. The van der Waals surface area contributed by atoms with Crippen LogP contribution in [0.4, 0.5) is 0 Å². The number of aliphatic hydroxyl groups excluding tert-OH is 1. The fourth-order valence-corrected chi connectivity index (χ4v) is 2.11. The summed E-state index contributed by atoms with van der Waals surface area (Å²) in [7, 11) is 0. The first-order chi connectivity index (χ1) is 7.14. The largest absolute Gasteiger partial charge is 0.392 e. The SMILES string of the molecule is CCC(=O)CC(O)C(C)(C)CC(C)(C)CC. The fourth-order valence-electron chi connectivity index (χ4n) is 2.11. The van der Waals surface area contributed by atoms with Crippen molar-refractivity contribution in [3.63, 3.8) is 0 Å². The summed E-state index contributed by atoms with van der Waals surface area (Å²) >= 11 is 0. The van der Waals surface area contributed by atoms with Crippen LogP contribution in [0.25, 0.3) is 0 Å². The molecule has 0 aromatic carbocycles. The van der Waals surface area contributed by atoms with Gasteiger partial charge in [0.25, 0.3) is 0 Å². The summed E-state index contributed by atoms with van der Waals surface area (Å²) in [4.78, 5) is 11.3. The quantitative estimate of drug-likeness (QED) is 0.723. The van der Waals surface area contributed by atoms with E-state index in [-0.39, 0.29) is 16.6 Å². The van der Waals surface area contributed by atoms with Crippen LogP contribution in [0.3, 0.4) is 0 Å². The number of carbonyl (C=O) groups is 1. The van der Waals surface area contributed by atoms with E-state index >= 15 is 0 Å². The maximum absolute atomic E-state index is 11.3. The fraction of sp³-hybridized carbons (Fsp3) is 0.929. The van der Waals surface area contributed by atoms with Crippen molar-refractivity contribution in [1.29, 1.82) is 0 Å². The van der Waals surface area contributed by atoms with E-state index in [0.29, 0.717) is 12.8 Å². The molecule has 0 bridgehead atoms.